The van der Waals surface area contributed by atoms with E-state index in [1.54, 1.807) is 0 Å². The van der Waals surface area contributed by atoms with Crippen LogP contribution in [-0.4, -0.2) is 56.0 Å². The second-order valence-electron chi connectivity index (χ2n) is 6.38. The highest BCUT2D eigenvalue weighted by atomic mass is 32.1. The van der Waals surface area contributed by atoms with Gasteiger partial charge in [-0.3, -0.25) is 4.99 Å². The molecule has 0 bridgehead atoms. The van der Waals surface area contributed by atoms with Crippen LogP contribution in [0.3, 0.4) is 0 Å². The molecule has 1 fully saturated rings. The molecule has 0 saturated carbocycles. The molecule has 4 nitrogen and oxygen atoms in total. The first-order valence-corrected chi connectivity index (χ1v) is 9.22. The number of likely N-dealkylation sites (N-methyl/N-ethyl adjacent to an activating group) is 1. The van der Waals surface area contributed by atoms with Crippen LogP contribution in [0.2, 0.25) is 0 Å². The summed E-state index contributed by atoms with van der Waals surface area (Å²) >= 11 is 1.82. The van der Waals surface area contributed by atoms with Gasteiger partial charge < -0.3 is 15.1 Å². The summed E-state index contributed by atoms with van der Waals surface area (Å²) in [6, 6.07) is 4.69. The van der Waals surface area contributed by atoms with Crippen molar-refractivity contribution in [3.8, 4) is 0 Å². The molecule has 0 spiro atoms. The van der Waals surface area contributed by atoms with Crippen LogP contribution in [0.25, 0.3) is 0 Å². The molecule has 0 aliphatic carbocycles. The maximum absolute atomic E-state index is 4.95. The number of likely N-dealkylation sites (tertiary alicyclic amines) is 1. The van der Waals surface area contributed by atoms with Crippen molar-refractivity contribution in [1.29, 1.82) is 0 Å². The standard InChI is InChI=1S/C17H30N4S/c1-5-18-17(21-10-6-8-14(2)13-21)19-12-15(20(3)4)16-9-7-11-22-16/h7,9,11,14-15H,5-6,8,10,12-13H2,1-4H3,(H,18,19). The zero-order chi connectivity index (χ0) is 15.9. The quantitative estimate of drug-likeness (QED) is 0.668. The Kier molecular flexibility index (Phi) is 6.70. The van der Waals surface area contributed by atoms with Gasteiger partial charge in [0, 0.05) is 24.5 Å². The molecule has 0 amide bonds. The summed E-state index contributed by atoms with van der Waals surface area (Å²) in [5.41, 5.74) is 0. The van der Waals surface area contributed by atoms with Gasteiger partial charge in [0.15, 0.2) is 5.96 Å². The molecule has 2 heterocycles. The third kappa shape index (κ3) is 4.71. The van der Waals surface area contributed by atoms with E-state index in [0.29, 0.717) is 6.04 Å². The third-order valence-corrected chi connectivity index (χ3v) is 5.17. The molecule has 5 heteroatoms. The van der Waals surface area contributed by atoms with E-state index in [1.165, 1.54) is 17.7 Å². The van der Waals surface area contributed by atoms with Crippen molar-refractivity contribution in [2.75, 3.05) is 40.3 Å². The summed E-state index contributed by atoms with van der Waals surface area (Å²) in [6.45, 7) is 8.46. The SMILES string of the molecule is CCNC(=NCC(c1cccs1)N(C)C)N1CCCC(C)C1. The summed E-state index contributed by atoms with van der Waals surface area (Å²) < 4.78 is 0. The van der Waals surface area contributed by atoms with Crippen molar-refractivity contribution in [1.82, 2.24) is 15.1 Å². The molecule has 2 unspecified atom stereocenters. The first-order chi connectivity index (χ1) is 10.6. The lowest BCUT2D eigenvalue weighted by atomic mass is 10.0. The lowest BCUT2D eigenvalue weighted by Gasteiger charge is -2.34. The average molecular weight is 323 g/mol. The topological polar surface area (TPSA) is 30.9 Å². The van der Waals surface area contributed by atoms with Crippen LogP contribution in [0, 0.1) is 5.92 Å². The molecule has 0 aromatic carbocycles. The number of rotatable bonds is 5. The second kappa shape index (κ2) is 8.53. The maximum Gasteiger partial charge on any atom is 0.193 e. The van der Waals surface area contributed by atoms with Gasteiger partial charge in [-0.25, -0.2) is 0 Å². The largest absolute Gasteiger partial charge is 0.357 e. The Labute approximate surface area is 139 Å². The highest BCUT2D eigenvalue weighted by Crippen LogP contribution is 2.23. The molecule has 1 N–H and O–H groups in total. The normalized spacial score (nSPS) is 21.2. The molecular weight excluding hydrogens is 292 g/mol. The fourth-order valence-electron chi connectivity index (χ4n) is 2.97. The lowest BCUT2D eigenvalue weighted by molar-refractivity contribution is 0.263. The molecule has 124 valence electrons. The van der Waals surface area contributed by atoms with Crippen molar-refractivity contribution in [3.63, 3.8) is 0 Å². The summed E-state index contributed by atoms with van der Waals surface area (Å²) in [5.74, 6) is 1.84. The van der Waals surface area contributed by atoms with Crippen molar-refractivity contribution >= 4 is 17.3 Å². The van der Waals surface area contributed by atoms with Gasteiger partial charge in [0.05, 0.1) is 12.6 Å². The van der Waals surface area contributed by atoms with Crippen LogP contribution in [0.4, 0.5) is 0 Å². The molecule has 2 atom stereocenters. The average Bonchev–Trinajstić information content (AvgIpc) is 3.00. The van der Waals surface area contributed by atoms with Crippen LogP contribution in [0.15, 0.2) is 22.5 Å². The minimum Gasteiger partial charge on any atom is -0.357 e. The van der Waals surface area contributed by atoms with Crippen molar-refractivity contribution < 1.29 is 0 Å². The molecular formula is C17H30N4S. The van der Waals surface area contributed by atoms with Crippen LogP contribution in [-0.2, 0) is 0 Å². The third-order valence-electron chi connectivity index (χ3n) is 4.20. The first kappa shape index (κ1) is 17.3. The highest BCUT2D eigenvalue weighted by Gasteiger charge is 2.20. The van der Waals surface area contributed by atoms with Crippen molar-refractivity contribution in [2.45, 2.75) is 32.7 Å². The highest BCUT2D eigenvalue weighted by molar-refractivity contribution is 7.10. The van der Waals surface area contributed by atoms with E-state index in [-0.39, 0.29) is 0 Å². The van der Waals surface area contributed by atoms with E-state index in [2.05, 4.69) is 60.6 Å². The van der Waals surface area contributed by atoms with Gasteiger partial charge in [-0.15, -0.1) is 11.3 Å². The number of guanidine groups is 1. The zero-order valence-electron chi connectivity index (χ0n) is 14.4. The monoisotopic (exact) mass is 322 g/mol. The minimum absolute atomic E-state index is 0.357. The summed E-state index contributed by atoms with van der Waals surface area (Å²) in [5, 5.41) is 5.62. The second-order valence-corrected chi connectivity index (χ2v) is 7.36. The molecule has 2 rings (SSSR count). The number of thiophene rings is 1. The van der Waals surface area contributed by atoms with Crippen LogP contribution >= 0.6 is 11.3 Å². The van der Waals surface area contributed by atoms with Gasteiger partial charge in [-0.05, 0) is 51.2 Å². The predicted molar refractivity (Wildman–Crippen MR) is 96.7 cm³/mol. The zero-order valence-corrected chi connectivity index (χ0v) is 15.2. The number of nitrogens with zero attached hydrogens (tertiary/aromatic N) is 3. The Hall–Kier alpha value is -1.07. The van der Waals surface area contributed by atoms with Crippen LogP contribution in [0.5, 0.6) is 0 Å². The molecule has 1 aromatic rings. The summed E-state index contributed by atoms with van der Waals surface area (Å²) in [7, 11) is 4.27. The molecule has 0 radical (unpaired) electrons. The fraction of sp³-hybridized carbons (Fsp3) is 0.706. The summed E-state index contributed by atoms with van der Waals surface area (Å²) in [6.07, 6.45) is 2.61. The van der Waals surface area contributed by atoms with E-state index in [0.717, 1.165) is 38.1 Å². The van der Waals surface area contributed by atoms with Gasteiger partial charge in [0.25, 0.3) is 0 Å². The van der Waals surface area contributed by atoms with Crippen LogP contribution < -0.4 is 5.32 Å². The Balaban J connectivity index is 2.07. The van der Waals surface area contributed by atoms with Gasteiger partial charge in [-0.1, -0.05) is 13.0 Å². The molecule has 22 heavy (non-hydrogen) atoms. The molecule has 1 aliphatic heterocycles. The predicted octanol–water partition coefficient (Wildman–Crippen LogP) is 3.05. The molecule has 1 aromatic heterocycles. The Morgan fingerprint density at radius 2 is 2.36 bits per heavy atom. The van der Waals surface area contributed by atoms with Gasteiger partial charge >= 0.3 is 0 Å². The van der Waals surface area contributed by atoms with Crippen molar-refractivity contribution in [3.05, 3.63) is 22.4 Å². The number of nitrogens with one attached hydrogen (secondary N) is 1. The summed E-state index contributed by atoms with van der Waals surface area (Å²) in [4.78, 5) is 11.0. The Bertz CT molecular complexity index is 455. The fourth-order valence-corrected chi connectivity index (χ4v) is 3.88. The number of hydrogen-bond donors (Lipinski definition) is 1. The molecule has 1 aliphatic rings. The van der Waals surface area contributed by atoms with Gasteiger partial charge in [0.1, 0.15) is 0 Å². The number of aliphatic imine (C=N–C) groups is 1. The van der Waals surface area contributed by atoms with E-state index in [1.807, 2.05) is 11.3 Å². The lowest BCUT2D eigenvalue weighted by Crippen LogP contribution is -2.46. The van der Waals surface area contributed by atoms with Crippen LogP contribution in [0.1, 0.15) is 37.6 Å². The first-order valence-electron chi connectivity index (χ1n) is 8.35. The van der Waals surface area contributed by atoms with E-state index >= 15 is 0 Å². The van der Waals surface area contributed by atoms with Crippen molar-refractivity contribution in [2.24, 2.45) is 10.9 Å². The van der Waals surface area contributed by atoms with E-state index in [9.17, 15) is 0 Å². The smallest absolute Gasteiger partial charge is 0.193 e. The maximum atomic E-state index is 4.95. The minimum atomic E-state index is 0.357. The van der Waals surface area contributed by atoms with Gasteiger partial charge in [-0.2, -0.15) is 0 Å². The number of piperidine rings is 1. The number of hydrogen-bond acceptors (Lipinski definition) is 3. The van der Waals surface area contributed by atoms with Gasteiger partial charge in [0.2, 0.25) is 0 Å². The van der Waals surface area contributed by atoms with E-state index in [4.69, 9.17) is 4.99 Å². The molecule has 1 saturated heterocycles. The Morgan fingerprint density at radius 3 is 2.95 bits per heavy atom. The van der Waals surface area contributed by atoms with E-state index < -0.39 is 0 Å². The Morgan fingerprint density at radius 1 is 1.55 bits per heavy atom.